The highest BCUT2D eigenvalue weighted by Crippen LogP contribution is 2.37. The number of halogens is 2. The van der Waals surface area contributed by atoms with Crippen molar-refractivity contribution in [1.82, 2.24) is 10.2 Å². The number of likely N-dealkylation sites (tertiary alicyclic amines) is 1. The lowest BCUT2D eigenvalue weighted by Crippen LogP contribution is -2.43. The van der Waals surface area contributed by atoms with Crippen LogP contribution in [0.4, 0.5) is 0 Å². The molecule has 5 rings (SSSR count). The monoisotopic (exact) mass is 622 g/mol. The van der Waals surface area contributed by atoms with E-state index in [9.17, 15) is 19.5 Å². The molecular weight excluding hydrogens is 595 g/mol. The fraction of sp³-hybridized carbons (Fsp3) is 0.219. The fourth-order valence-corrected chi connectivity index (χ4v) is 6.37. The number of carbonyl (C=O) groups is 3. The van der Waals surface area contributed by atoms with E-state index in [-0.39, 0.29) is 24.2 Å². The van der Waals surface area contributed by atoms with Crippen molar-refractivity contribution in [3.05, 3.63) is 99.4 Å². The number of nitrogens with zero attached hydrogens (tertiary/aromatic N) is 1. The molecule has 2 amide bonds. The molecule has 1 saturated heterocycles. The van der Waals surface area contributed by atoms with E-state index in [0.29, 0.717) is 58.6 Å². The van der Waals surface area contributed by atoms with Gasteiger partial charge in [0.1, 0.15) is 11.5 Å². The molecule has 2 heterocycles. The van der Waals surface area contributed by atoms with Gasteiger partial charge < -0.3 is 20.1 Å². The molecule has 4 aromatic rings. The van der Waals surface area contributed by atoms with Gasteiger partial charge in [-0.15, -0.1) is 11.3 Å². The van der Waals surface area contributed by atoms with Gasteiger partial charge in [0.05, 0.1) is 27.2 Å². The number of benzene rings is 3. The number of carboxylic acid groups (broad SMARTS) is 1. The lowest BCUT2D eigenvalue weighted by Gasteiger charge is -2.31. The molecule has 10 heteroatoms. The lowest BCUT2D eigenvalue weighted by atomic mass is 9.94. The summed E-state index contributed by atoms with van der Waals surface area (Å²) in [4.78, 5) is 39.3. The summed E-state index contributed by atoms with van der Waals surface area (Å²) in [5.74, 6) is -0.448. The molecule has 1 unspecified atom stereocenters. The topological polar surface area (TPSA) is 95.9 Å². The van der Waals surface area contributed by atoms with Crippen LogP contribution in [0.1, 0.15) is 36.4 Å². The highest BCUT2D eigenvalue weighted by Gasteiger charge is 2.29. The SMILES string of the molecule is O=C(O)CC(NC(=O)C1CCN(C(=O)/C=C/c2cc3ccsc3c(Cl)c2Cl)CC1)c1ccc(Oc2ccccc2)cc1. The van der Waals surface area contributed by atoms with Gasteiger partial charge in [0, 0.05) is 25.1 Å². The van der Waals surface area contributed by atoms with Crippen molar-refractivity contribution in [3.8, 4) is 11.5 Å². The van der Waals surface area contributed by atoms with Crippen molar-refractivity contribution in [2.45, 2.75) is 25.3 Å². The quantitative estimate of drug-likeness (QED) is 0.188. The number of hydrogen-bond donors (Lipinski definition) is 2. The van der Waals surface area contributed by atoms with E-state index in [0.717, 1.165) is 10.1 Å². The molecule has 0 bridgehead atoms. The Hall–Kier alpha value is -3.85. The second-order valence-corrected chi connectivity index (χ2v) is 11.7. The van der Waals surface area contributed by atoms with Crippen molar-refractivity contribution in [2.75, 3.05) is 13.1 Å². The smallest absolute Gasteiger partial charge is 0.305 e. The lowest BCUT2D eigenvalue weighted by molar-refractivity contribution is -0.138. The molecule has 2 N–H and O–H groups in total. The van der Waals surface area contributed by atoms with E-state index in [1.54, 1.807) is 35.2 Å². The van der Waals surface area contributed by atoms with Crippen molar-refractivity contribution < 1.29 is 24.2 Å². The van der Waals surface area contributed by atoms with Crippen LogP contribution in [0.25, 0.3) is 16.2 Å². The van der Waals surface area contributed by atoms with E-state index < -0.39 is 12.0 Å². The minimum atomic E-state index is -1.02. The number of fused-ring (bicyclic) bond motifs is 1. The standard InChI is InChI=1S/C32H28Cl2N2O5S/c33-29-22(18-23-14-17-42-31(23)30(29)34)8-11-27(37)36-15-12-21(13-16-36)32(40)35-26(19-28(38)39)20-6-9-25(10-7-20)41-24-4-2-1-3-5-24/h1-11,14,17-18,21,26H,12-13,15-16,19H2,(H,35,40)(H,38,39)/b11-8+. The summed E-state index contributed by atoms with van der Waals surface area (Å²) in [6.07, 6.45) is 3.84. The summed E-state index contributed by atoms with van der Waals surface area (Å²) < 4.78 is 6.72. The Kier molecular flexibility index (Phi) is 9.47. The van der Waals surface area contributed by atoms with Gasteiger partial charge in [-0.05, 0) is 77.2 Å². The minimum absolute atomic E-state index is 0.173. The highest BCUT2D eigenvalue weighted by molar-refractivity contribution is 7.18. The average Bonchev–Trinajstić information content (AvgIpc) is 3.47. The van der Waals surface area contributed by atoms with Crippen molar-refractivity contribution in [3.63, 3.8) is 0 Å². The van der Waals surface area contributed by atoms with Crippen LogP contribution in [0, 0.1) is 5.92 Å². The van der Waals surface area contributed by atoms with E-state index >= 15 is 0 Å². The highest BCUT2D eigenvalue weighted by atomic mass is 35.5. The maximum Gasteiger partial charge on any atom is 0.305 e. The Balaban J connectivity index is 1.17. The first-order valence-electron chi connectivity index (χ1n) is 13.5. The molecule has 3 aromatic carbocycles. The Morgan fingerprint density at radius 3 is 2.38 bits per heavy atom. The molecule has 0 radical (unpaired) electrons. The van der Waals surface area contributed by atoms with Crippen LogP contribution in [0.3, 0.4) is 0 Å². The van der Waals surface area contributed by atoms with Crippen LogP contribution in [0.5, 0.6) is 11.5 Å². The Morgan fingerprint density at radius 1 is 1.00 bits per heavy atom. The second kappa shape index (κ2) is 13.4. The third-order valence-corrected chi connectivity index (χ3v) is 9.13. The molecule has 0 aliphatic carbocycles. The van der Waals surface area contributed by atoms with Crippen LogP contribution in [-0.4, -0.2) is 40.9 Å². The fourth-order valence-electron chi connectivity index (χ4n) is 4.93. The van der Waals surface area contributed by atoms with E-state index in [1.165, 1.54) is 17.4 Å². The minimum Gasteiger partial charge on any atom is -0.481 e. The third-order valence-electron chi connectivity index (χ3n) is 7.19. The molecule has 1 aromatic heterocycles. The molecule has 1 fully saturated rings. The third kappa shape index (κ3) is 7.13. The van der Waals surface area contributed by atoms with Gasteiger partial charge in [-0.3, -0.25) is 14.4 Å². The molecule has 216 valence electrons. The van der Waals surface area contributed by atoms with E-state index in [1.807, 2.05) is 47.8 Å². The average molecular weight is 624 g/mol. The van der Waals surface area contributed by atoms with Crippen LogP contribution in [0.2, 0.25) is 10.0 Å². The molecule has 42 heavy (non-hydrogen) atoms. The van der Waals surface area contributed by atoms with Crippen LogP contribution >= 0.6 is 34.5 Å². The van der Waals surface area contributed by atoms with Gasteiger partial charge in [-0.25, -0.2) is 0 Å². The van der Waals surface area contributed by atoms with E-state index in [2.05, 4.69) is 5.32 Å². The number of thiophene rings is 1. The molecular formula is C32H28Cl2N2O5S. The number of carboxylic acids is 1. The zero-order chi connectivity index (χ0) is 29.6. The number of piperidine rings is 1. The summed E-state index contributed by atoms with van der Waals surface area (Å²) in [5.41, 5.74) is 1.34. The number of ether oxygens (including phenoxy) is 1. The summed E-state index contributed by atoms with van der Waals surface area (Å²) in [5, 5.41) is 16.2. The Labute approximate surface area is 257 Å². The van der Waals surface area contributed by atoms with E-state index in [4.69, 9.17) is 27.9 Å². The number of nitrogens with one attached hydrogen (secondary N) is 1. The van der Waals surface area contributed by atoms with Crippen LogP contribution < -0.4 is 10.1 Å². The molecule has 1 atom stereocenters. The number of aliphatic carboxylic acids is 1. The maximum absolute atomic E-state index is 13.1. The molecule has 1 aliphatic rings. The summed E-state index contributed by atoms with van der Waals surface area (Å²) in [7, 11) is 0. The van der Waals surface area contributed by atoms with Crippen LogP contribution in [-0.2, 0) is 14.4 Å². The largest absolute Gasteiger partial charge is 0.481 e. The number of rotatable bonds is 9. The number of amides is 2. The predicted octanol–water partition coefficient (Wildman–Crippen LogP) is 7.58. The first kappa shape index (κ1) is 29.6. The first-order valence-corrected chi connectivity index (χ1v) is 15.1. The Bertz CT molecular complexity index is 1610. The molecule has 1 aliphatic heterocycles. The van der Waals surface area contributed by atoms with Crippen LogP contribution in [0.15, 0.2) is 78.2 Å². The summed E-state index contributed by atoms with van der Waals surface area (Å²) in [6.45, 7) is 0.822. The number of carbonyl (C=O) groups excluding carboxylic acids is 2. The zero-order valence-corrected chi connectivity index (χ0v) is 24.8. The summed E-state index contributed by atoms with van der Waals surface area (Å²) >= 11 is 14.3. The van der Waals surface area contributed by atoms with Crippen molar-refractivity contribution in [1.29, 1.82) is 0 Å². The molecule has 0 spiro atoms. The predicted molar refractivity (Wildman–Crippen MR) is 166 cm³/mol. The summed E-state index contributed by atoms with van der Waals surface area (Å²) in [6, 6.07) is 19.5. The molecule has 7 nitrogen and oxygen atoms in total. The van der Waals surface area contributed by atoms with Crippen molar-refractivity contribution >= 4 is 68.5 Å². The van der Waals surface area contributed by atoms with Gasteiger partial charge in [0.2, 0.25) is 11.8 Å². The zero-order valence-electron chi connectivity index (χ0n) is 22.5. The normalized spacial score (nSPS) is 14.7. The van der Waals surface area contributed by atoms with Crippen molar-refractivity contribution in [2.24, 2.45) is 5.92 Å². The molecule has 0 saturated carbocycles. The number of hydrogen-bond acceptors (Lipinski definition) is 5. The van der Waals surface area contributed by atoms with Gasteiger partial charge in [-0.2, -0.15) is 0 Å². The maximum atomic E-state index is 13.1. The van der Waals surface area contributed by atoms with Gasteiger partial charge in [0.15, 0.2) is 0 Å². The number of para-hydroxylation sites is 1. The van der Waals surface area contributed by atoms with Gasteiger partial charge >= 0.3 is 5.97 Å². The van der Waals surface area contributed by atoms with Gasteiger partial charge in [0.25, 0.3) is 0 Å². The second-order valence-electron chi connectivity index (χ2n) is 10.0. The van der Waals surface area contributed by atoms with Gasteiger partial charge in [-0.1, -0.05) is 53.5 Å². The first-order chi connectivity index (χ1) is 20.3. The Morgan fingerprint density at radius 2 is 1.69 bits per heavy atom.